The molecule has 0 aliphatic carbocycles. The zero-order valence-electron chi connectivity index (χ0n) is 9.61. The van der Waals surface area contributed by atoms with Crippen LogP contribution in [0.5, 0.6) is 0 Å². The minimum Gasteiger partial charge on any atom is -0.449 e. The molecule has 0 unspecified atom stereocenters. The first-order valence-electron chi connectivity index (χ1n) is 5.71. The number of nitriles is 1. The van der Waals surface area contributed by atoms with Crippen molar-refractivity contribution in [3.63, 3.8) is 0 Å². The van der Waals surface area contributed by atoms with Crippen molar-refractivity contribution in [2.24, 2.45) is 0 Å². The highest BCUT2D eigenvalue weighted by molar-refractivity contribution is 7.99. The summed E-state index contributed by atoms with van der Waals surface area (Å²) in [4.78, 5) is 0. The number of hydrogen-bond acceptors (Lipinski definition) is 5. The SMILES string of the molecule is N#Cc1ccc(CNCC2(O)CCSCC2)o1. The van der Waals surface area contributed by atoms with Gasteiger partial charge in [0.1, 0.15) is 11.8 Å². The summed E-state index contributed by atoms with van der Waals surface area (Å²) in [6.45, 7) is 1.13. The van der Waals surface area contributed by atoms with Crippen molar-refractivity contribution in [2.75, 3.05) is 18.1 Å². The van der Waals surface area contributed by atoms with Crippen LogP contribution in [-0.2, 0) is 6.54 Å². The van der Waals surface area contributed by atoms with E-state index in [0.717, 1.165) is 30.1 Å². The zero-order chi connectivity index (χ0) is 12.1. The predicted octanol–water partition coefficient (Wildman–Crippen LogP) is 1.50. The lowest BCUT2D eigenvalue weighted by atomic mass is 9.97. The van der Waals surface area contributed by atoms with Crippen LogP contribution in [0.25, 0.3) is 0 Å². The van der Waals surface area contributed by atoms with Crippen LogP contribution >= 0.6 is 11.8 Å². The Kier molecular flexibility index (Phi) is 4.11. The molecule has 1 aliphatic rings. The molecule has 0 saturated carbocycles. The standard InChI is InChI=1S/C12H16N2O2S/c13-7-10-1-2-11(16-10)8-14-9-12(15)3-5-17-6-4-12/h1-2,14-15H,3-6,8-9H2. The average Bonchev–Trinajstić information content (AvgIpc) is 2.78. The van der Waals surface area contributed by atoms with Crippen molar-refractivity contribution >= 4 is 11.8 Å². The second kappa shape index (κ2) is 5.58. The van der Waals surface area contributed by atoms with E-state index in [-0.39, 0.29) is 0 Å². The Morgan fingerprint density at radius 1 is 1.47 bits per heavy atom. The second-order valence-corrected chi connectivity index (χ2v) is 5.54. The number of furan rings is 1. The van der Waals surface area contributed by atoms with Gasteiger partial charge >= 0.3 is 0 Å². The molecule has 1 aliphatic heterocycles. The number of hydrogen-bond donors (Lipinski definition) is 2. The molecule has 5 heteroatoms. The molecule has 1 fully saturated rings. The summed E-state index contributed by atoms with van der Waals surface area (Å²) >= 11 is 1.89. The molecule has 2 heterocycles. The third kappa shape index (κ3) is 3.50. The smallest absolute Gasteiger partial charge is 0.203 e. The first kappa shape index (κ1) is 12.5. The normalized spacial score (nSPS) is 18.8. The molecule has 0 spiro atoms. The van der Waals surface area contributed by atoms with E-state index in [2.05, 4.69) is 5.32 Å². The lowest BCUT2D eigenvalue weighted by Gasteiger charge is -2.31. The van der Waals surface area contributed by atoms with Gasteiger partial charge in [0, 0.05) is 6.54 Å². The van der Waals surface area contributed by atoms with E-state index in [1.807, 2.05) is 17.8 Å². The third-order valence-electron chi connectivity index (χ3n) is 2.95. The summed E-state index contributed by atoms with van der Waals surface area (Å²) in [7, 11) is 0. The number of aliphatic hydroxyl groups is 1. The van der Waals surface area contributed by atoms with Gasteiger partial charge in [0.15, 0.2) is 0 Å². The van der Waals surface area contributed by atoms with Crippen molar-refractivity contribution in [3.8, 4) is 6.07 Å². The van der Waals surface area contributed by atoms with Gasteiger partial charge in [-0.05, 0) is 36.5 Å². The van der Waals surface area contributed by atoms with Gasteiger partial charge in [0.05, 0.1) is 12.1 Å². The molecule has 0 atom stereocenters. The van der Waals surface area contributed by atoms with Crippen LogP contribution in [0.3, 0.4) is 0 Å². The molecule has 1 aromatic heterocycles. The van der Waals surface area contributed by atoms with E-state index >= 15 is 0 Å². The average molecular weight is 252 g/mol. The van der Waals surface area contributed by atoms with Crippen molar-refractivity contribution < 1.29 is 9.52 Å². The van der Waals surface area contributed by atoms with Crippen molar-refractivity contribution in [1.29, 1.82) is 5.26 Å². The van der Waals surface area contributed by atoms with Crippen molar-refractivity contribution in [3.05, 3.63) is 23.7 Å². The summed E-state index contributed by atoms with van der Waals surface area (Å²) in [5.74, 6) is 3.11. The summed E-state index contributed by atoms with van der Waals surface area (Å²) in [6, 6.07) is 5.39. The minimum absolute atomic E-state index is 0.328. The van der Waals surface area contributed by atoms with Crippen LogP contribution in [0.1, 0.15) is 24.4 Å². The van der Waals surface area contributed by atoms with Crippen LogP contribution in [0, 0.1) is 11.3 Å². The molecule has 2 N–H and O–H groups in total. The topological polar surface area (TPSA) is 69.2 Å². The number of thioether (sulfide) groups is 1. The molecule has 0 aromatic carbocycles. The molecule has 0 radical (unpaired) electrons. The molecule has 92 valence electrons. The molecule has 4 nitrogen and oxygen atoms in total. The monoisotopic (exact) mass is 252 g/mol. The maximum absolute atomic E-state index is 10.2. The number of rotatable bonds is 4. The van der Waals surface area contributed by atoms with E-state index < -0.39 is 5.60 Å². The minimum atomic E-state index is -0.574. The molecule has 1 saturated heterocycles. The summed E-state index contributed by atoms with van der Waals surface area (Å²) < 4.78 is 5.25. The fraction of sp³-hybridized carbons (Fsp3) is 0.583. The van der Waals surface area contributed by atoms with Gasteiger partial charge in [-0.15, -0.1) is 0 Å². The van der Waals surface area contributed by atoms with Crippen molar-refractivity contribution in [2.45, 2.75) is 25.0 Å². The van der Waals surface area contributed by atoms with Crippen LogP contribution in [0.2, 0.25) is 0 Å². The lowest BCUT2D eigenvalue weighted by molar-refractivity contribution is 0.0316. The van der Waals surface area contributed by atoms with Crippen LogP contribution in [0.4, 0.5) is 0 Å². The first-order chi connectivity index (χ1) is 8.22. The Morgan fingerprint density at radius 2 is 2.24 bits per heavy atom. The largest absolute Gasteiger partial charge is 0.449 e. The highest BCUT2D eigenvalue weighted by Gasteiger charge is 2.28. The number of nitrogens with zero attached hydrogens (tertiary/aromatic N) is 1. The van der Waals surface area contributed by atoms with Crippen LogP contribution in [-0.4, -0.2) is 28.8 Å². The Labute approximate surface area is 105 Å². The molecule has 1 aromatic rings. The Bertz CT molecular complexity index is 405. The predicted molar refractivity (Wildman–Crippen MR) is 66.6 cm³/mol. The quantitative estimate of drug-likeness (QED) is 0.850. The molecule has 0 amide bonds. The van der Waals surface area contributed by atoms with E-state index in [9.17, 15) is 5.11 Å². The van der Waals surface area contributed by atoms with E-state index in [4.69, 9.17) is 9.68 Å². The maximum atomic E-state index is 10.2. The van der Waals surface area contributed by atoms with Gasteiger partial charge in [-0.2, -0.15) is 17.0 Å². The van der Waals surface area contributed by atoms with E-state index in [1.165, 1.54) is 0 Å². The van der Waals surface area contributed by atoms with Crippen molar-refractivity contribution in [1.82, 2.24) is 5.32 Å². The summed E-state index contributed by atoms with van der Waals surface area (Å²) in [5, 5.41) is 22.0. The fourth-order valence-corrected chi connectivity index (χ4v) is 3.13. The highest BCUT2D eigenvalue weighted by atomic mass is 32.2. The van der Waals surface area contributed by atoms with Gasteiger partial charge in [0.2, 0.25) is 5.76 Å². The first-order valence-corrected chi connectivity index (χ1v) is 6.87. The van der Waals surface area contributed by atoms with Crippen LogP contribution < -0.4 is 5.32 Å². The van der Waals surface area contributed by atoms with E-state index in [0.29, 0.717) is 18.8 Å². The summed E-state index contributed by atoms with van der Waals surface area (Å²) in [5.41, 5.74) is -0.574. The zero-order valence-corrected chi connectivity index (χ0v) is 10.4. The Balaban J connectivity index is 1.77. The molecule has 2 rings (SSSR count). The van der Waals surface area contributed by atoms with E-state index in [1.54, 1.807) is 12.1 Å². The highest BCUT2D eigenvalue weighted by Crippen LogP contribution is 2.26. The second-order valence-electron chi connectivity index (χ2n) is 4.32. The van der Waals surface area contributed by atoms with Crippen LogP contribution in [0.15, 0.2) is 16.5 Å². The summed E-state index contributed by atoms with van der Waals surface area (Å²) in [6.07, 6.45) is 1.68. The van der Waals surface area contributed by atoms with Gasteiger partial charge in [-0.3, -0.25) is 0 Å². The van der Waals surface area contributed by atoms with Gasteiger partial charge < -0.3 is 14.8 Å². The molecular formula is C12H16N2O2S. The Hall–Kier alpha value is -0.960. The lowest BCUT2D eigenvalue weighted by Crippen LogP contribution is -2.43. The molecule has 17 heavy (non-hydrogen) atoms. The van der Waals surface area contributed by atoms with Gasteiger partial charge in [0.25, 0.3) is 0 Å². The molecule has 0 bridgehead atoms. The van der Waals surface area contributed by atoms with Gasteiger partial charge in [-0.25, -0.2) is 0 Å². The third-order valence-corrected chi connectivity index (χ3v) is 3.93. The maximum Gasteiger partial charge on any atom is 0.203 e. The number of nitrogens with one attached hydrogen (secondary N) is 1. The fourth-order valence-electron chi connectivity index (χ4n) is 1.88. The molecular weight excluding hydrogens is 236 g/mol. The van der Waals surface area contributed by atoms with Gasteiger partial charge in [-0.1, -0.05) is 0 Å². The Morgan fingerprint density at radius 3 is 2.88 bits per heavy atom.